The third-order valence-corrected chi connectivity index (χ3v) is 1.86. The van der Waals surface area contributed by atoms with E-state index < -0.39 is 12.1 Å². The van der Waals surface area contributed by atoms with Gasteiger partial charge in [-0.15, -0.1) is 0 Å². The van der Waals surface area contributed by atoms with Crippen LogP contribution >= 0.6 is 0 Å². The van der Waals surface area contributed by atoms with Gasteiger partial charge in [0.1, 0.15) is 5.82 Å². The zero-order valence-corrected chi connectivity index (χ0v) is 8.34. The molecule has 0 amide bonds. The molecule has 1 rings (SSSR count). The number of carboxylic acid groups (broad SMARTS) is 1. The van der Waals surface area contributed by atoms with Crippen LogP contribution in [-0.2, 0) is 0 Å². The average Bonchev–Trinajstić information content (AvgIpc) is 2.26. The predicted octanol–water partition coefficient (Wildman–Crippen LogP) is 0.358. The van der Waals surface area contributed by atoms with Crippen molar-refractivity contribution >= 4 is 11.8 Å². The fourth-order valence-electron chi connectivity index (χ4n) is 0.896. The molecule has 0 radical (unpaired) electrons. The normalized spacial score (nSPS) is 12.1. The lowest BCUT2D eigenvalue weighted by Crippen LogP contribution is -2.19. The largest absolute Gasteiger partial charge is 0.476 e. The summed E-state index contributed by atoms with van der Waals surface area (Å²) >= 11 is 0. The topological polar surface area (TPSA) is 95.3 Å². The maximum atomic E-state index is 10.5. The van der Waals surface area contributed by atoms with Crippen molar-refractivity contribution in [2.75, 3.05) is 11.9 Å². The number of aliphatic hydroxyl groups is 1. The molecule has 1 atom stereocenters. The first kappa shape index (κ1) is 11.4. The van der Waals surface area contributed by atoms with Crippen molar-refractivity contribution in [3.8, 4) is 0 Å². The third kappa shape index (κ3) is 3.51. The van der Waals surface area contributed by atoms with Gasteiger partial charge in [-0.1, -0.05) is 6.92 Å². The molecular weight excluding hydrogens is 198 g/mol. The van der Waals surface area contributed by atoms with Crippen molar-refractivity contribution in [2.45, 2.75) is 19.4 Å². The standard InChI is InChI=1S/C9H13N3O3/c1-2-6(13)3-11-8-5-10-7(4-12-8)9(14)15/h4-6,13H,2-3H2,1H3,(H,11,12)(H,14,15)/t6-/m0/s1. The molecule has 15 heavy (non-hydrogen) atoms. The number of carboxylic acids is 1. The Bertz CT molecular complexity index is 326. The van der Waals surface area contributed by atoms with E-state index in [4.69, 9.17) is 5.11 Å². The van der Waals surface area contributed by atoms with E-state index in [0.717, 1.165) is 0 Å². The first-order chi connectivity index (χ1) is 7.13. The molecule has 0 saturated heterocycles. The van der Waals surface area contributed by atoms with Gasteiger partial charge in [-0.2, -0.15) is 0 Å². The second-order valence-electron chi connectivity index (χ2n) is 3.04. The molecule has 82 valence electrons. The van der Waals surface area contributed by atoms with Gasteiger partial charge in [0.15, 0.2) is 5.69 Å². The van der Waals surface area contributed by atoms with Crippen molar-refractivity contribution in [2.24, 2.45) is 0 Å². The highest BCUT2D eigenvalue weighted by molar-refractivity contribution is 5.84. The number of aliphatic hydroxyl groups excluding tert-OH is 1. The minimum absolute atomic E-state index is 0.100. The molecule has 0 bridgehead atoms. The van der Waals surface area contributed by atoms with Gasteiger partial charge in [-0.3, -0.25) is 0 Å². The molecule has 3 N–H and O–H groups in total. The summed E-state index contributed by atoms with van der Waals surface area (Å²) in [6.07, 6.45) is 2.70. The molecule has 0 aliphatic rings. The van der Waals surface area contributed by atoms with E-state index in [-0.39, 0.29) is 5.69 Å². The Labute approximate surface area is 87.0 Å². The SMILES string of the molecule is CC[C@H](O)CNc1cnc(C(=O)O)cn1. The Morgan fingerprint density at radius 2 is 2.27 bits per heavy atom. The second kappa shape index (κ2) is 5.26. The lowest BCUT2D eigenvalue weighted by Gasteiger charge is -2.09. The molecular formula is C9H13N3O3. The molecule has 0 saturated carbocycles. The molecule has 1 aromatic heterocycles. The van der Waals surface area contributed by atoms with E-state index in [1.54, 1.807) is 0 Å². The summed E-state index contributed by atoms with van der Waals surface area (Å²) in [6, 6.07) is 0. The number of aromatic carboxylic acids is 1. The summed E-state index contributed by atoms with van der Waals surface area (Å²) in [5.74, 6) is -0.657. The van der Waals surface area contributed by atoms with E-state index in [1.165, 1.54) is 12.4 Å². The van der Waals surface area contributed by atoms with Crippen LogP contribution in [0.1, 0.15) is 23.8 Å². The maximum absolute atomic E-state index is 10.5. The first-order valence-electron chi connectivity index (χ1n) is 4.60. The molecule has 6 heteroatoms. The fraction of sp³-hybridized carbons (Fsp3) is 0.444. The number of hydrogen-bond donors (Lipinski definition) is 3. The smallest absolute Gasteiger partial charge is 0.356 e. The lowest BCUT2D eigenvalue weighted by molar-refractivity contribution is 0.0690. The van der Waals surface area contributed by atoms with Gasteiger partial charge in [0, 0.05) is 6.54 Å². The molecule has 1 heterocycles. The van der Waals surface area contributed by atoms with Gasteiger partial charge >= 0.3 is 5.97 Å². The van der Waals surface area contributed by atoms with Gasteiger partial charge in [0.25, 0.3) is 0 Å². The number of nitrogens with zero attached hydrogens (tertiary/aromatic N) is 2. The number of hydrogen-bond acceptors (Lipinski definition) is 5. The zero-order valence-electron chi connectivity index (χ0n) is 8.34. The van der Waals surface area contributed by atoms with Crippen molar-refractivity contribution in [1.29, 1.82) is 0 Å². The average molecular weight is 211 g/mol. The van der Waals surface area contributed by atoms with E-state index >= 15 is 0 Å². The quantitative estimate of drug-likeness (QED) is 0.650. The number of rotatable bonds is 5. The molecule has 6 nitrogen and oxygen atoms in total. The molecule has 0 aromatic carbocycles. The van der Waals surface area contributed by atoms with Crippen LogP contribution in [0.3, 0.4) is 0 Å². The van der Waals surface area contributed by atoms with E-state index in [2.05, 4.69) is 15.3 Å². The summed E-state index contributed by atoms with van der Waals surface area (Å²) in [6.45, 7) is 2.24. The molecule has 0 aliphatic carbocycles. The maximum Gasteiger partial charge on any atom is 0.356 e. The minimum Gasteiger partial charge on any atom is -0.476 e. The van der Waals surface area contributed by atoms with Gasteiger partial charge in [-0.05, 0) is 6.42 Å². The summed E-state index contributed by atoms with van der Waals surface area (Å²) < 4.78 is 0. The van der Waals surface area contributed by atoms with Crippen LogP contribution in [0.2, 0.25) is 0 Å². The van der Waals surface area contributed by atoms with Crippen LogP contribution in [0.4, 0.5) is 5.82 Å². The molecule has 1 aromatic rings. The van der Waals surface area contributed by atoms with Crippen molar-refractivity contribution in [1.82, 2.24) is 9.97 Å². The number of carbonyl (C=O) groups is 1. The fourth-order valence-corrected chi connectivity index (χ4v) is 0.896. The van der Waals surface area contributed by atoms with Crippen LogP contribution < -0.4 is 5.32 Å². The highest BCUT2D eigenvalue weighted by Gasteiger charge is 2.05. The predicted molar refractivity (Wildman–Crippen MR) is 53.8 cm³/mol. The van der Waals surface area contributed by atoms with Gasteiger partial charge in [-0.25, -0.2) is 14.8 Å². The lowest BCUT2D eigenvalue weighted by atomic mass is 10.3. The number of nitrogens with one attached hydrogen (secondary N) is 1. The van der Waals surface area contributed by atoms with Crippen LogP contribution in [0.5, 0.6) is 0 Å². The first-order valence-corrected chi connectivity index (χ1v) is 4.60. The molecule has 0 unspecified atom stereocenters. The number of anilines is 1. The van der Waals surface area contributed by atoms with Gasteiger partial charge in [0.2, 0.25) is 0 Å². The van der Waals surface area contributed by atoms with Gasteiger partial charge < -0.3 is 15.5 Å². The molecule has 0 spiro atoms. The van der Waals surface area contributed by atoms with Crippen LogP contribution in [0.25, 0.3) is 0 Å². The monoisotopic (exact) mass is 211 g/mol. The third-order valence-electron chi connectivity index (χ3n) is 1.86. The Morgan fingerprint density at radius 3 is 2.73 bits per heavy atom. The van der Waals surface area contributed by atoms with Crippen molar-refractivity contribution in [3.63, 3.8) is 0 Å². The summed E-state index contributed by atoms with van der Waals surface area (Å²) in [5.41, 5.74) is -0.100. The minimum atomic E-state index is -1.11. The Morgan fingerprint density at radius 1 is 1.53 bits per heavy atom. The summed E-state index contributed by atoms with van der Waals surface area (Å²) in [7, 11) is 0. The van der Waals surface area contributed by atoms with Gasteiger partial charge in [0.05, 0.1) is 18.5 Å². The van der Waals surface area contributed by atoms with Crippen LogP contribution in [0, 0.1) is 0 Å². The van der Waals surface area contributed by atoms with Crippen LogP contribution in [-0.4, -0.2) is 38.8 Å². The summed E-state index contributed by atoms with van der Waals surface area (Å²) in [5, 5.41) is 20.7. The zero-order chi connectivity index (χ0) is 11.3. The molecule has 0 fully saturated rings. The van der Waals surface area contributed by atoms with E-state index in [1.807, 2.05) is 6.92 Å². The highest BCUT2D eigenvalue weighted by Crippen LogP contribution is 2.01. The van der Waals surface area contributed by atoms with Crippen molar-refractivity contribution in [3.05, 3.63) is 18.1 Å². The summed E-state index contributed by atoms with van der Waals surface area (Å²) in [4.78, 5) is 18.0. The number of aromatic nitrogens is 2. The van der Waals surface area contributed by atoms with E-state index in [0.29, 0.717) is 18.8 Å². The molecule has 0 aliphatic heterocycles. The highest BCUT2D eigenvalue weighted by atomic mass is 16.4. The Hall–Kier alpha value is -1.69. The van der Waals surface area contributed by atoms with Crippen molar-refractivity contribution < 1.29 is 15.0 Å². The Balaban J connectivity index is 2.53. The Kier molecular flexibility index (Phi) is 3.99. The van der Waals surface area contributed by atoms with Crippen LogP contribution in [0.15, 0.2) is 12.4 Å². The second-order valence-corrected chi connectivity index (χ2v) is 3.04. The van der Waals surface area contributed by atoms with E-state index in [9.17, 15) is 9.90 Å².